The maximum Gasteiger partial charge on any atom is 0.358 e. The molecule has 6 nitrogen and oxygen atoms in total. The maximum absolute atomic E-state index is 13.0. The number of pyridine rings is 1. The normalized spacial score (nSPS) is 11.5. The van der Waals surface area contributed by atoms with Crippen molar-refractivity contribution in [2.45, 2.75) is 6.10 Å². The van der Waals surface area contributed by atoms with Gasteiger partial charge in [-0.3, -0.25) is 4.79 Å². The monoisotopic (exact) mass is 412 g/mol. The number of rotatable bonds is 6. The largest absolute Gasteiger partial charge is 0.497 e. The molecule has 0 aliphatic heterocycles. The number of hydrogen-bond donors (Lipinski definition) is 1. The van der Waals surface area contributed by atoms with Gasteiger partial charge in [-0.05, 0) is 24.3 Å². The molecule has 0 spiro atoms. The van der Waals surface area contributed by atoms with E-state index in [1.54, 1.807) is 67.8 Å². The molecule has 0 radical (unpaired) electrons. The number of fused-ring (bicyclic) bond motifs is 1. The van der Waals surface area contributed by atoms with E-state index in [0.29, 0.717) is 22.5 Å². The van der Waals surface area contributed by atoms with Crippen molar-refractivity contribution in [3.05, 3.63) is 102 Å². The highest BCUT2D eigenvalue weighted by Gasteiger charge is 2.26. The molecular formula is C25H20N2O4. The predicted molar refractivity (Wildman–Crippen MR) is 118 cm³/mol. The molecule has 6 heteroatoms. The Bertz CT molecular complexity index is 1220. The summed E-state index contributed by atoms with van der Waals surface area (Å²) in [7, 11) is 1.55. The van der Waals surface area contributed by atoms with Crippen LogP contribution in [-0.4, -0.2) is 24.0 Å². The van der Waals surface area contributed by atoms with E-state index in [4.69, 9.17) is 9.47 Å². The number of benzene rings is 3. The zero-order valence-corrected chi connectivity index (χ0v) is 16.8. The number of amides is 1. The van der Waals surface area contributed by atoms with Crippen molar-refractivity contribution in [3.63, 3.8) is 0 Å². The van der Waals surface area contributed by atoms with E-state index in [-0.39, 0.29) is 5.69 Å². The Morgan fingerprint density at radius 1 is 0.871 bits per heavy atom. The number of nitrogens with zero attached hydrogens (tertiary/aromatic N) is 1. The quantitative estimate of drug-likeness (QED) is 0.461. The van der Waals surface area contributed by atoms with Crippen molar-refractivity contribution in [2.75, 3.05) is 12.4 Å². The Balaban J connectivity index is 1.59. The summed E-state index contributed by atoms with van der Waals surface area (Å²) >= 11 is 0. The summed E-state index contributed by atoms with van der Waals surface area (Å²) < 4.78 is 10.8. The van der Waals surface area contributed by atoms with Gasteiger partial charge in [0.25, 0.3) is 5.91 Å². The lowest BCUT2D eigenvalue weighted by atomic mass is 10.1. The summed E-state index contributed by atoms with van der Waals surface area (Å²) in [6.45, 7) is 0. The standard InChI is InChI=1S/C25H20N2O4/c1-30-20-12-7-11-19(16-20)26-24(28)23(18-9-3-2-4-10-18)31-25(29)22-15-14-17-8-5-6-13-21(17)27-22/h2-16,23H,1H3,(H,26,28). The third-order valence-corrected chi connectivity index (χ3v) is 4.71. The summed E-state index contributed by atoms with van der Waals surface area (Å²) in [4.78, 5) is 30.3. The van der Waals surface area contributed by atoms with Gasteiger partial charge in [0, 0.05) is 22.7 Å². The molecule has 1 amide bonds. The number of anilines is 1. The fourth-order valence-electron chi connectivity index (χ4n) is 3.16. The molecule has 0 fully saturated rings. The summed E-state index contributed by atoms with van der Waals surface area (Å²) in [6, 6.07) is 26.7. The van der Waals surface area contributed by atoms with Gasteiger partial charge in [-0.2, -0.15) is 0 Å². The van der Waals surface area contributed by atoms with E-state index < -0.39 is 18.0 Å². The Labute approximate surface area is 179 Å². The van der Waals surface area contributed by atoms with Crippen molar-refractivity contribution in [3.8, 4) is 5.75 Å². The average Bonchev–Trinajstić information content (AvgIpc) is 2.82. The predicted octanol–water partition coefficient (Wildman–Crippen LogP) is 4.78. The SMILES string of the molecule is COc1cccc(NC(=O)C(OC(=O)c2ccc3ccccc3n2)c2ccccc2)c1. The lowest BCUT2D eigenvalue weighted by Crippen LogP contribution is -2.26. The Morgan fingerprint density at radius 2 is 1.65 bits per heavy atom. The number of methoxy groups -OCH3 is 1. The minimum Gasteiger partial charge on any atom is -0.497 e. The molecule has 1 unspecified atom stereocenters. The van der Waals surface area contributed by atoms with Crippen LogP contribution >= 0.6 is 0 Å². The fourth-order valence-corrected chi connectivity index (χ4v) is 3.16. The van der Waals surface area contributed by atoms with Crippen molar-refractivity contribution in [1.82, 2.24) is 4.98 Å². The molecule has 1 N–H and O–H groups in total. The van der Waals surface area contributed by atoms with Gasteiger partial charge in [0.1, 0.15) is 11.4 Å². The molecule has 0 aliphatic carbocycles. The van der Waals surface area contributed by atoms with Crippen LogP contribution in [0.3, 0.4) is 0 Å². The molecule has 1 heterocycles. The van der Waals surface area contributed by atoms with E-state index in [9.17, 15) is 9.59 Å². The molecule has 0 bridgehead atoms. The van der Waals surface area contributed by atoms with E-state index in [0.717, 1.165) is 5.39 Å². The molecule has 4 aromatic rings. The first-order chi connectivity index (χ1) is 15.1. The number of carbonyl (C=O) groups excluding carboxylic acids is 2. The van der Waals surface area contributed by atoms with E-state index >= 15 is 0 Å². The molecule has 31 heavy (non-hydrogen) atoms. The third-order valence-electron chi connectivity index (χ3n) is 4.71. The highest BCUT2D eigenvalue weighted by Crippen LogP contribution is 2.23. The molecule has 3 aromatic carbocycles. The zero-order valence-electron chi connectivity index (χ0n) is 16.8. The van der Waals surface area contributed by atoms with Gasteiger partial charge in [0.2, 0.25) is 6.10 Å². The van der Waals surface area contributed by atoms with Gasteiger partial charge < -0.3 is 14.8 Å². The summed E-state index contributed by atoms with van der Waals surface area (Å²) in [5, 5.41) is 3.70. The number of para-hydroxylation sites is 1. The lowest BCUT2D eigenvalue weighted by molar-refractivity contribution is -0.125. The van der Waals surface area contributed by atoms with E-state index in [1.165, 1.54) is 0 Å². The second-order valence-corrected chi connectivity index (χ2v) is 6.81. The van der Waals surface area contributed by atoms with Crippen LogP contribution in [0.25, 0.3) is 10.9 Å². The molecule has 1 atom stereocenters. The molecule has 154 valence electrons. The molecule has 0 saturated heterocycles. The van der Waals surface area contributed by atoms with Gasteiger partial charge in [-0.1, -0.05) is 60.7 Å². The van der Waals surface area contributed by atoms with Crippen LogP contribution in [0, 0.1) is 0 Å². The Kier molecular flexibility index (Phi) is 5.89. The number of nitrogens with one attached hydrogen (secondary N) is 1. The molecular weight excluding hydrogens is 392 g/mol. The van der Waals surface area contributed by atoms with Gasteiger partial charge in [-0.15, -0.1) is 0 Å². The van der Waals surface area contributed by atoms with Crippen LogP contribution in [-0.2, 0) is 9.53 Å². The Morgan fingerprint density at radius 3 is 2.45 bits per heavy atom. The van der Waals surface area contributed by atoms with Crippen LogP contribution in [0.5, 0.6) is 5.75 Å². The minimum absolute atomic E-state index is 0.133. The van der Waals surface area contributed by atoms with E-state index in [1.807, 2.05) is 30.3 Å². The lowest BCUT2D eigenvalue weighted by Gasteiger charge is -2.18. The molecule has 1 aromatic heterocycles. The number of hydrogen-bond acceptors (Lipinski definition) is 5. The van der Waals surface area contributed by atoms with Gasteiger partial charge in [0.05, 0.1) is 12.6 Å². The summed E-state index contributed by atoms with van der Waals surface area (Å²) in [5.74, 6) is -0.555. The number of aromatic nitrogens is 1. The first-order valence-electron chi connectivity index (χ1n) is 9.71. The topological polar surface area (TPSA) is 77.5 Å². The highest BCUT2D eigenvalue weighted by atomic mass is 16.5. The fraction of sp³-hybridized carbons (Fsp3) is 0.0800. The number of esters is 1. The van der Waals surface area contributed by atoms with Crippen molar-refractivity contribution in [2.24, 2.45) is 0 Å². The molecule has 4 rings (SSSR count). The zero-order chi connectivity index (χ0) is 21.6. The third kappa shape index (κ3) is 4.70. The van der Waals surface area contributed by atoms with Gasteiger partial charge >= 0.3 is 5.97 Å². The second-order valence-electron chi connectivity index (χ2n) is 6.81. The second kappa shape index (κ2) is 9.09. The van der Waals surface area contributed by atoms with Crippen LogP contribution in [0.2, 0.25) is 0 Å². The molecule has 0 saturated carbocycles. The molecule has 0 aliphatic rings. The first-order valence-corrected chi connectivity index (χ1v) is 9.71. The minimum atomic E-state index is -1.15. The van der Waals surface area contributed by atoms with Crippen LogP contribution in [0.15, 0.2) is 91.0 Å². The van der Waals surface area contributed by atoms with Crippen LogP contribution in [0.4, 0.5) is 5.69 Å². The van der Waals surface area contributed by atoms with Crippen LogP contribution in [0.1, 0.15) is 22.2 Å². The Hall–Kier alpha value is -4.19. The maximum atomic E-state index is 13.0. The number of carbonyl (C=O) groups is 2. The van der Waals surface area contributed by atoms with Crippen molar-refractivity contribution in [1.29, 1.82) is 0 Å². The van der Waals surface area contributed by atoms with E-state index in [2.05, 4.69) is 10.3 Å². The van der Waals surface area contributed by atoms with Gasteiger partial charge in [-0.25, -0.2) is 9.78 Å². The van der Waals surface area contributed by atoms with Crippen LogP contribution < -0.4 is 10.1 Å². The van der Waals surface area contributed by atoms with Gasteiger partial charge in [0.15, 0.2) is 0 Å². The number of ether oxygens (including phenoxy) is 2. The first kappa shape index (κ1) is 20.1. The summed E-state index contributed by atoms with van der Waals surface area (Å²) in [5.41, 5.74) is 1.89. The van der Waals surface area contributed by atoms with Crippen molar-refractivity contribution >= 4 is 28.5 Å². The summed E-state index contributed by atoms with van der Waals surface area (Å²) in [6.07, 6.45) is -1.15. The average molecular weight is 412 g/mol. The smallest absolute Gasteiger partial charge is 0.358 e. The van der Waals surface area contributed by atoms with Crippen molar-refractivity contribution < 1.29 is 19.1 Å². The highest BCUT2D eigenvalue weighted by molar-refractivity contribution is 5.98.